The van der Waals surface area contributed by atoms with Crippen LogP contribution in [-0.4, -0.2) is 37.2 Å². The van der Waals surface area contributed by atoms with Crippen LogP contribution in [-0.2, 0) is 14.3 Å². The predicted octanol–water partition coefficient (Wildman–Crippen LogP) is 3.39. The van der Waals surface area contributed by atoms with Gasteiger partial charge in [-0.3, -0.25) is 14.4 Å². The third-order valence-electron chi connectivity index (χ3n) is 3.55. The molecule has 0 aliphatic carbocycles. The van der Waals surface area contributed by atoms with E-state index >= 15 is 0 Å². The van der Waals surface area contributed by atoms with Gasteiger partial charge in [0.15, 0.2) is 0 Å². The number of thioether (sulfide) groups is 1. The fourth-order valence-corrected chi connectivity index (χ4v) is 3.43. The van der Waals surface area contributed by atoms with Crippen LogP contribution in [0, 0.1) is 6.92 Å². The van der Waals surface area contributed by atoms with Crippen LogP contribution in [0.3, 0.4) is 0 Å². The lowest BCUT2D eigenvalue weighted by molar-refractivity contribution is -0.139. The van der Waals surface area contributed by atoms with E-state index in [4.69, 9.17) is 0 Å². The summed E-state index contributed by atoms with van der Waals surface area (Å²) < 4.78 is 5.47. The van der Waals surface area contributed by atoms with Gasteiger partial charge in [-0.1, -0.05) is 15.9 Å². The highest BCUT2D eigenvalue weighted by molar-refractivity contribution is 9.10. The molecule has 2 rings (SSSR count). The lowest BCUT2D eigenvalue weighted by Crippen LogP contribution is -2.30. The Morgan fingerprint density at radius 2 is 1.81 bits per heavy atom. The summed E-state index contributed by atoms with van der Waals surface area (Å²) in [5.41, 5.74) is 2.08. The lowest BCUT2D eigenvalue weighted by atomic mass is 10.2. The maximum atomic E-state index is 12.1. The van der Waals surface area contributed by atoms with Crippen LogP contribution in [0.1, 0.15) is 15.9 Å². The van der Waals surface area contributed by atoms with E-state index in [1.807, 2.05) is 25.1 Å². The number of aryl methyl sites for hydroxylation is 1. The van der Waals surface area contributed by atoms with Crippen LogP contribution < -0.4 is 10.6 Å². The lowest BCUT2D eigenvalue weighted by Gasteiger charge is -2.08. The molecule has 0 atom stereocenters. The summed E-state index contributed by atoms with van der Waals surface area (Å²) in [7, 11) is 1.25. The molecule has 6 nitrogen and oxygen atoms in total. The van der Waals surface area contributed by atoms with Gasteiger partial charge in [-0.05, 0) is 55.0 Å². The van der Waals surface area contributed by atoms with Crippen LogP contribution in [0.5, 0.6) is 0 Å². The minimum atomic E-state index is -0.522. The van der Waals surface area contributed by atoms with Crippen molar-refractivity contribution in [3.63, 3.8) is 0 Å². The average Bonchev–Trinajstić information content (AvgIpc) is 2.65. The van der Waals surface area contributed by atoms with E-state index in [9.17, 15) is 14.4 Å². The van der Waals surface area contributed by atoms with E-state index in [-0.39, 0.29) is 24.1 Å². The Labute approximate surface area is 170 Å². The molecule has 0 aromatic heterocycles. The number of halogens is 1. The van der Waals surface area contributed by atoms with Crippen LogP contribution in [0.2, 0.25) is 0 Å². The number of esters is 1. The molecule has 0 aliphatic heterocycles. The molecule has 0 spiro atoms. The second kappa shape index (κ2) is 10.1. The second-order valence-corrected chi connectivity index (χ2v) is 7.52. The van der Waals surface area contributed by atoms with Crippen LogP contribution >= 0.6 is 27.7 Å². The molecule has 0 aliphatic rings. The van der Waals surface area contributed by atoms with Gasteiger partial charge in [0.1, 0.15) is 6.54 Å². The quantitative estimate of drug-likeness (QED) is 0.498. The molecule has 0 bridgehead atoms. The third kappa shape index (κ3) is 6.73. The summed E-state index contributed by atoms with van der Waals surface area (Å²) >= 11 is 4.88. The Balaban J connectivity index is 1.85. The summed E-state index contributed by atoms with van der Waals surface area (Å²) in [5.74, 6) is -0.764. The van der Waals surface area contributed by atoms with Crippen molar-refractivity contribution in [2.45, 2.75) is 11.8 Å². The molecule has 0 unspecified atom stereocenters. The standard InChI is InChI=1S/C19H19BrN2O4S/c1-12-9-14(20)5-8-16(12)27-11-17(23)22-15-6-3-13(4-7-15)19(25)21-10-18(24)26-2/h3-9H,10-11H2,1-2H3,(H,21,25)(H,22,23). The molecule has 0 radical (unpaired) electrons. The average molecular weight is 451 g/mol. The minimum absolute atomic E-state index is 0.134. The Kier molecular flexibility index (Phi) is 7.87. The molecule has 0 fully saturated rings. The number of nitrogens with one attached hydrogen (secondary N) is 2. The number of hydrogen-bond donors (Lipinski definition) is 2. The van der Waals surface area contributed by atoms with Gasteiger partial charge in [-0.15, -0.1) is 11.8 Å². The molecule has 8 heteroatoms. The summed E-state index contributed by atoms with van der Waals surface area (Å²) in [6.07, 6.45) is 0. The van der Waals surface area contributed by atoms with Crippen molar-refractivity contribution < 1.29 is 19.1 Å². The molecule has 2 amide bonds. The van der Waals surface area contributed by atoms with Crippen molar-refractivity contribution in [2.24, 2.45) is 0 Å². The largest absolute Gasteiger partial charge is 0.468 e. The Morgan fingerprint density at radius 1 is 1.11 bits per heavy atom. The van der Waals surface area contributed by atoms with Gasteiger partial charge in [0.2, 0.25) is 5.91 Å². The smallest absolute Gasteiger partial charge is 0.325 e. The molecule has 0 heterocycles. The summed E-state index contributed by atoms with van der Waals surface area (Å²) in [6, 6.07) is 12.4. The molecular formula is C19H19BrN2O4S. The Hall–Kier alpha value is -2.32. The molecule has 2 aromatic carbocycles. The SMILES string of the molecule is COC(=O)CNC(=O)c1ccc(NC(=O)CSc2ccc(Br)cc2C)cc1. The van der Waals surface area contributed by atoms with Gasteiger partial charge in [0, 0.05) is 20.6 Å². The van der Waals surface area contributed by atoms with E-state index in [0.29, 0.717) is 11.3 Å². The molecule has 2 aromatic rings. The van der Waals surface area contributed by atoms with Crippen LogP contribution in [0.15, 0.2) is 51.8 Å². The fourth-order valence-electron chi connectivity index (χ4n) is 2.15. The first-order valence-corrected chi connectivity index (χ1v) is 9.81. The first kappa shape index (κ1) is 21.0. The van der Waals surface area contributed by atoms with Crippen molar-refractivity contribution >= 4 is 51.2 Å². The first-order valence-electron chi connectivity index (χ1n) is 8.03. The number of ether oxygens (including phenoxy) is 1. The van der Waals surface area contributed by atoms with E-state index in [0.717, 1.165) is 14.9 Å². The topological polar surface area (TPSA) is 84.5 Å². The molecule has 27 heavy (non-hydrogen) atoms. The van der Waals surface area contributed by atoms with Gasteiger partial charge in [0.25, 0.3) is 5.91 Å². The van der Waals surface area contributed by atoms with Crippen molar-refractivity contribution in [3.8, 4) is 0 Å². The van der Waals surface area contributed by atoms with Crippen molar-refractivity contribution in [1.82, 2.24) is 5.32 Å². The number of rotatable bonds is 7. The molecule has 0 saturated carbocycles. The zero-order valence-electron chi connectivity index (χ0n) is 14.9. The zero-order chi connectivity index (χ0) is 19.8. The molecular weight excluding hydrogens is 432 g/mol. The van der Waals surface area contributed by atoms with Crippen molar-refractivity contribution in [3.05, 3.63) is 58.1 Å². The number of carbonyl (C=O) groups is 3. The number of methoxy groups -OCH3 is 1. The van der Waals surface area contributed by atoms with Crippen molar-refractivity contribution in [1.29, 1.82) is 0 Å². The minimum Gasteiger partial charge on any atom is -0.468 e. The van der Waals surface area contributed by atoms with Gasteiger partial charge in [-0.25, -0.2) is 0 Å². The highest BCUT2D eigenvalue weighted by atomic mass is 79.9. The predicted molar refractivity (Wildman–Crippen MR) is 109 cm³/mol. The van der Waals surface area contributed by atoms with Gasteiger partial charge in [0.05, 0.1) is 12.9 Å². The summed E-state index contributed by atoms with van der Waals surface area (Å²) in [6.45, 7) is 1.80. The Bertz CT molecular complexity index is 840. The molecule has 142 valence electrons. The third-order valence-corrected chi connectivity index (χ3v) is 5.22. The summed E-state index contributed by atoms with van der Waals surface area (Å²) in [5, 5.41) is 5.24. The van der Waals surface area contributed by atoms with Crippen molar-refractivity contribution in [2.75, 3.05) is 24.7 Å². The van der Waals surface area contributed by atoms with E-state index in [1.54, 1.807) is 24.3 Å². The highest BCUT2D eigenvalue weighted by Gasteiger charge is 2.09. The number of carbonyl (C=O) groups excluding carboxylic acids is 3. The van der Waals surface area contributed by atoms with E-state index in [1.165, 1.54) is 18.9 Å². The Morgan fingerprint density at radius 3 is 2.44 bits per heavy atom. The normalized spacial score (nSPS) is 10.2. The monoisotopic (exact) mass is 450 g/mol. The maximum Gasteiger partial charge on any atom is 0.325 e. The van der Waals surface area contributed by atoms with Gasteiger partial charge < -0.3 is 15.4 Å². The fraction of sp³-hybridized carbons (Fsp3) is 0.211. The summed E-state index contributed by atoms with van der Waals surface area (Å²) in [4.78, 5) is 36.1. The maximum absolute atomic E-state index is 12.1. The number of anilines is 1. The van der Waals surface area contributed by atoms with E-state index in [2.05, 4.69) is 31.3 Å². The second-order valence-electron chi connectivity index (χ2n) is 5.58. The van der Waals surface area contributed by atoms with Gasteiger partial charge in [-0.2, -0.15) is 0 Å². The number of amides is 2. The molecule has 2 N–H and O–H groups in total. The molecule has 0 saturated heterocycles. The zero-order valence-corrected chi connectivity index (χ0v) is 17.3. The number of hydrogen-bond acceptors (Lipinski definition) is 5. The van der Waals surface area contributed by atoms with Gasteiger partial charge >= 0.3 is 5.97 Å². The van der Waals surface area contributed by atoms with E-state index < -0.39 is 5.97 Å². The highest BCUT2D eigenvalue weighted by Crippen LogP contribution is 2.25. The van der Waals surface area contributed by atoms with Crippen LogP contribution in [0.4, 0.5) is 5.69 Å². The van der Waals surface area contributed by atoms with Crippen LogP contribution in [0.25, 0.3) is 0 Å². The first-order chi connectivity index (χ1) is 12.9. The number of benzene rings is 2.